The van der Waals surface area contributed by atoms with Crippen LogP contribution < -0.4 is 0 Å². The summed E-state index contributed by atoms with van der Waals surface area (Å²) < 4.78 is 0. The molecule has 0 unspecified atom stereocenters. The van der Waals surface area contributed by atoms with Crippen LogP contribution in [0.15, 0.2) is 24.3 Å². The van der Waals surface area contributed by atoms with E-state index in [1.54, 1.807) is 6.08 Å². The first kappa shape index (κ1) is 18.9. The normalized spacial score (nSPS) is 11.7. The second-order valence-electron chi connectivity index (χ2n) is 5.45. The number of hydrogen-bond acceptors (Lipinski definition) is 1. The van der Waals surface area contributed by atoms with Gasteiger partial charge in [0.1, 0.15) is 0 Å². The summed E-state index contributed by atoms with van der Waals surface area (Å²) in [5, 5.41) is 8.40. The van der Waals surface area contributed by atoms with Gasteiger partial charge in [-0.1, -0.05) is 89.4 Å². The van der Waals surface area contributed by atoms with Crippen LogP contribution in [0.25, 0.3) is 0 Å². The third kappa shape index (κ3) is 16.9. The zero-order valence-electron chi connectivity index (χ0n) is 13.2. The van der Waals surface area contributed by atoms with Gasteiger partial charge in [0.05, 0.1) is 0 Å². The molecule has 0 aromatic carbocycles. The van der Waals surface area contributed by atoms with Gasteiger partial charge in [0.15, 0.2) is 0 Å². The van der Waals surface area contributed by atoms with Gasteiger partial charge in [0.25, 0.3) is 0 Å². The third-order valence-corrected chi connectivity index (χ3v) is 3.46. The predicted molar refractivity (Wildman–Crippen MR) is 87.0 cm³/mol. The van der Waals surface area contributed by atoms with E-state index in [1.807, 2.05) is 12.2 Å². The number of unbranched alkanes of at least 4 members (excludes halogenated alkanes) is 11. The van der Waals surface area contributed by atoms with Crippen molar-refractivity contribution >= 4 is 5.97 Å². The van der Waals surface area contributed by atoms with E-state index in [2.05, 4.69) is 6.92 Å². The Hall–Kier alpha value is -1.05. The maximum atomic E-state index is 10.2. The lowest BCUT2D eigenvalue weighted by Gasteiger charge is -2.01. The second kappa shape index (κ2) is 16.0. The Morgan fingerprint density at radius 3 is 1.80 bits per heavy atom. The molecule has 0 saturated heterocycles. The molecule has 0 amide bonds. The van der Waals surface area contributed by atoms with Crippen molar-refractivity contribution in [1.29, 1.82) is 0 Å². The van der Waals surface area contributed by atoms with E-state index < -0.39 is 5.97 Å². The third-order valence-electron chi connectivity index (χ3n) is 3.46. The van der Waals surface area contributed by atoms with Crippen molar-refractivity contribution in [2.45, 2.75) is 84.0 Å². The minimum Gasteiger partial charge on any atom is -0.478 e. The molecule has 0 spiro atoms. The summed E-state index contributed by atoms with van der Waals surface area (Å²) >= 11 is 0. The first-order chi connectivity index (χ1) is 9.77. The SMILES string of the molecule is CCCCCCCCCCCCC/C=C\C=C/C(=O)O. The quantitative estimate of drug-likeness (QED) is 0.245. The fraction of sp³-hybridized carbons (Fsp3) is 0.722. The van der Waals surface area contributed by atoms with E-state index >= 15 is 0 Å². The Kier molecular flexibility index (Phi) is 15.2. The van der Waals surface area contributed by atoms with Gasteiger partial charge in [-0.05, 0) is 12.8 Å². The highest BCUT2D eigenvalue weighted by Crippen LogP contribution is 2.11. The molecule has 0 heterocycles. The highest BCUT2D eigenvalue weighted by molar-refractivity contribution is 5.80. The molecule has 0 saturated carbocycles. The van der Waals surface area contributed by atoms with Gasteiger partial charge in [0.2, 0.25) is 0 Å². The summed E-state index contributed by atoms with van der Waals surface area (Å²) in [6.07, 6.45) is 22.7. The smallest absolute Gasteiger partial charge is 0.328 e. The van der Waals surface area contributed by atoms with Crippen LogP contribution in [0.3, 0.4) is 0 Å². The molecule has 1 N–H and O–H groups in total. The number of aliphatic carboxylic acids is 1. The Morgan fingerprint density at radius 1 is 0.800 bits per heavy atom. The van der Waals surface area contributed by atoms with Crippen molar-refractivity contribution in [2.75, 3.05) is 0 Å². The summed E-state index contributed by atoms with van der Waals surface area (Å²) in [6.45, 7) is 2.26. The molecule has 2 heteroatoms. The molecule has 0 fully saturated rings. The lowest BCUT2D eigenvalue weighted by Crippen LogP contribution is -1.84. The Balaban J connectivity index is 3.11. The molecule has 0 rings (SSSR count). The standard InChI is InChI=1S/C18H32O2/c1-2-3-4-5-6-7-8-9-10-11-12-13-14-15-16-17-18(19)20/h14-17H,2-13H2,1H3,(H,19,20)/b15-14-,17-16-. The average molecular weight is 280 g/mol. The highest BCUT2D eigenvalue weighted by atomic mass is 16.4. The van der Waals surface area contributed by atoms with Crippen molar-refractivity contribution in [2.24, 2.45) is 0 Å². The van der Waals surface area contributed by atoms with Crippen molar-refractivity contribution in [3.05, 3.63) is 24.3 Å². The molecule has 20 heavy (non-hydrogen) atoms. The minimum atomic E-state index is -0.885. The number of rotatable bonds is 14. The monoisotopic (exact) mass is 280 g/mol. The van der Waals surface area contributed by atoms with E-state index in [1.165, 1.54) is 70.6 Å². The van der Waals surface area contributed by atoms with Gasteiger partial charge in [0, 0.05) is 6.08 Å². The Labute approximate surface area is 125 Å². The van der Waals surface area contributed by atoms with Crippen molar-refractivity contribution < 1.29 is 9.90 Å². The number of allylic oxidation sites excluding steroid dienone is 3. The fourth-order valence-corrected chi connectivity index (χ4v) is 2.24. The van der Waals surface area contributed by atoms with Gasteiger partial charge in [-0.3, -0.25) is 0 Å². The van der Waals surface area contributed by atoms with Gasteiger partial charge < -0.3 is 5.11 Å². The van der Waals surface area contributed by atoms with Crippen molar-refractivity contribution in [3.8, 4) is 0 Å². The van der Waals surface area contributed by atoms with Gasteiger partial charge >= 0.3 is 5.97 Å². The van der Waals surface area contributed by atoms with Gasteiger partial charge in [-0.25, -0.2) is 4.79 Å². The first-order valence-electron chi connectivity index (χ1n) is 8.33. The van der Waals surface area contributed by atoms with E-state index in [4.69, 9.17) is 5.11 Å². The summed E-state index contributed by atoms with van der Waals surface area (Å²) in [6, 6.07) is 0. The minimum absolute atomic E-state index is 0.885. The largest absolute Gasteiger partial charge is 0.478 e. The van der Waals surface area contributed by atoms with Crippen LogP contribution >= 0.6 is 0 Å². The highest BCUT2D eigenvalue weighted by Gasteiger charge is 1.92. The van der Waals surface area contributed by atoms with Crippen LogP contribution in [0.4, 0.5) is 0 Å². The molecule has 0 aromatic heterocycles. The Morgan fingerprint density at radius 2 is 1.30 bits per heavy atom. The second-order valence-corrected chi connectivity index (χ2v) is 5.45. The molecule has 0 radical (unpaired) electrons. The molecule has 0 aliphatic heterocycles. The van der Waals surface area contributed by atoms with Crippen LogP contribution in [-0.4, -0.2) is 11.1 Å². The number of hydrogen-bond donors (Lipinski definition) is 1. The van der Waals surface area contributed by atoms with Crippen LogP contribution in [0, 0.1) is 0 Å². The molecule has 116 valence electrons. The summed E-state index contributed by atoms with van der Waals surface area (Å²) in [4.78, 5) is 10.2. The lowest BCUT2D eigenvalue weighted by molar-refractivity contribution is -0.131. The summed E-state index contributed by atoms with van der Waals surface area (Å²) in [7, 11) is 0. The lowest BCUT2D eigenvalue weighted by atomic mass is 10.1. The molecular formula is C18H32O2. The van der Waals surface area contributed by atoms with E-state index in [0.717, 1.165) is 12.5 Å². The molecule has 0 aromatic rings. The molecule has 2 nitrogen and oxygen atoms in total. The number of carbonyl (C=O) groups is 1. The first-order valence-corrected chi connectivity index (χ1v) is 8.33. The van der Waals surface area contributed by atoms with Crippen LogP contribution in [0.1, 0.15) is 84.0 Å². The topological polar surface area (TPSA) is 37.3 Å². The summed E-state index contributed by atoms with van der Waals surface area (Å²) in [5.41, 5.74) is 0. The van der Waals surface area contributed by atoms with Gasteiger partial charge in [-0.15, -0.1) is 0 Å². The number of carboxylic acid groups (broad SMARTS) is 1. The maximum Gasteiger partial charge on any atom is 0.328 e. The maximum absolute atomic E-state index is 10.2. The molecule has 0 aliphatic rings. The fourth-order valence-electron chi connectivity index (χ4n) is 2.24. The van der Waals surface area contributed by atoms with E-state index in [9.17, 15) is 4.79 Å². The molecule has 0 bridgehead atoms. The van der Waals surface area contributed by atoms with Crippen molar-refractivity contribution in [1.82, 2.24) is 0 Å². The zero-order valence-corrected chi connectivity index (χ0v) is 13.2. The van der Waals surface area contributed by atoms with Crippen LogP contribution in [0.2, 0.25) is 0 Å². The molecule has 0 aliphatic carbocycles. The van der Waals surface area contributed by atoms with Crippen LogP contribution in [-0.2, 0) is 4.79 Å². The number of carboxylic acids is 1. The Bertz CT molecular complexity index is 267. The van der Waals surface area contributed by atoms with Gasteiger partial charge in [-0.2, -0.15) is 0 Å². The van der Waals surface area contributed by atoms with E-state index in [0.29, 0.717) is 0 Å². The molecule has 0 atom stereocenters. The van der Waals surface area contributed by atoms with Crippen LogP contribution in [0.5, 0.6) is 0 Å². The van der Waals surface area contributed by atoms with E-state index in [-0.39, 0.29) is 0 Å². The van der Waals surface area contributed by atoms with Crippen molar-refractivity contribution in [3.63, 3.8) is 0 Å². The predicted octanol–water partition coefficient (Wildman–Crippen LogP) is 5.88. The average Bonchev–Trinajstić information content (AvgIpc) is 2.43. The summed E-state index contributed by atoms with van der Waals surface area (Å²) in [5.74, 6) is -0.885. The zero-order chi connectivity index (χ0) is 14.9. The molecular weight excluding hydrogens is 248 g/mol.